The normalized spacial score (nSPS) is 11.2. The summed E-state index contributed by atoms with van der Waals surface area (Å²) >= 11 is 3.32. The van der Waals surface area contributed by atoms with Crippen LogP contribution in [0.2, 0.25) is 0 Å². The summed E-state index contributed by atoms with van der Waals surface area (Å²) in [7, 11) is -2.95. The first kappa shape index (κ1) is 25.4. The number of halogens is 1. The molecule has 0 amide bonds. The van der Waals surface area contributed by atoms with Crippen LogP contribution in [0.25, 0.3) is 5.69 Å². The second-order valence-electron chi connectivity index (χ2n) is 7.32. The Labute approximate surface area is 205 Å². The lowest BCUT2D eigenvalue weighted by Crippen LogP contribution is -2.26. The monoisotopic (exact) mass is 550 g/mol. The number of aryl methyl sites for hydroxylation is 1. The van der Waals surface area contributed by atoms with Crippen LogP contribution in [0.5, 0.6) is 11.5 Å². The lowest BCUT2D eigenvalue weighted by molar-refractivity contribution is 0.0515. The molecule has 2 aromatic carbocycles. The number of benzene rings is 2. The number of ether oxygens (including phenoxy) is 2. The molecule has 0 bridgehead atoms. The smallest absolute Gasteiger partial charge is 0.362 e. The molecule has 0 aliphatic heterocycles. The molecular weight excluding hydrogens is 528 g/mol. The van der Waals surface area contributed by atoms with Crippen molar-refractivity contribution in [2.75, 3.05) is 13.7 Å². The molecule has 0 aliphatic carbocycles. The molecule has 11 heteroatoms. The lowest BCUT2D eigenvalue weighted by Gasteiger charge is -2.17. The summed E-state index contributed by atoms with van der Waals surface area (Å²) in [6.45, 7) is 6.65. The number of carbonyl (C=O) groups excluding carboxylic acids is 1. The topological polar surface area (TPSA) is 114 Å². The molecule has 0 N–H and O–H groups in total. The highest BCUT2D eigenvalue weighted by Gasteiger charge is 2.28. The fourth-order valence-electron chi connectivity index (χ4n) is 3.40. The fraction of sp³-hybridized carbons (Fsp3) is 0.261. The van der Waals surface area contributed by atoms with Gasteiger partial charge in [-0.05, 0) is 68.7 Å². The first-order valence-electron chi connectivity index (χ1n) is 10.2. The van der Waals surface area contributed by atoms with Gasteiger partial charge in [-0.3, -0.25) is 4.79 Å². The molecule has 0 saturated carbocycles. The Hall–Kier alpha value is -3.18. The average Bonchev–Trinajstić information content (AvgIpc) is 2.76. The van der Waals surface area contributed by atoms with E-state index in [1.54, 1.807) is 52.0 Å². The van der Waals surface area contributed by atoms with Gasteiger partial charge in [-0.25, -0.2) is 4.79 Å². The molecular formula is C23H23BrN2O7S. The van der Waals surface area contributed by atoms with Crippen molar-refractivity contribution in [1.82, 2.24) is 9.78 Å². The van der Waals surface area contributed by atoms with E-state index in [2.05, 4.69) is 21.0 Å². The van der Waals surface area contributed by atoms with E-state index in [4.69, 9.17) is 13.7 Å². The van der Waals surface area contributed by atoms with Gasteiger partial charge in [-0.1, -0.05) is 22.0 Å². The van der Waals surface area contributed by atoms with Gasteiger partial charge < -0.3 is 13.7 Å². The van der Waals surface area contributed by atoms with E-state index in [9.17, 15) is 18.0 Å². The van der Waals surface area contributed by atoms with Gasteiger partial charge in [0.15, 0.2) is 5.75 Å². The highest BCUT2D eigenvalue weighted by atomic mass is 79.9. The minimum Gasteiger partial charge on any atom is -0.496 e. The van der Waals surface area contributed by atoms with Crippen LogP contribution >= 0.6 is 15.9 Å². The zero-order valence-electron chi connectivity index (χ0n) is 19.2. The molecule has 0 aliphatic rings. The minimum absolute atomic E-state index is 0.0126. The standard InChI is InChI=1S/C23H23BrN2O7S/c1-6-32-23(28)21-18(12-20(27)26(25-21)17-9-7-8-16(24)11-17)33-34(29,30)19-10-13(2)22(31-5)15(4)14(19)3/h7-12H,6H2,1-5H3. The summed E-state index contributed by atoms with van der Waals surface area (Å²) in [5.41, 5.74) is 0.826. The van der Waals surface area contributed by atoms with Crippen molar-refractivity contribution >= 4 is 32.0 Å². The summed E-state index contributed by atoms with van der Waals surface area (Å²) in [4.78, 5) is 25.3. The van der Waals surface area contributed by atoms with Gasteiger partial charge in [-0.2, -0.15) is 18.2 Å². The first-order chi connectivity index (χ1) is 16.0. The van der Waals surface area contributed by atoms with Gasteiger partial charge in [0.1, 0.15) is 10.6 Å². The van der Waals surface area contributed by atoms with Gasteiger partial charge in [0.25, 0.3) is 5.56 Å². The van der Waals surface area contributed by atoms with E-state index in [0.29, 0.717) is 32.6 Å². The molecule has 0 saturated heterocycles. The summed E-state index contributed by atoms with van der Waals surface area (Å²) in [5, 5.41) is 4.06. The second kappa shape index (κ2) is 9.98. The molecule has 0 spiro atoms. The van der Waals surface area contributed by atoms with Gasteiger partial charge in [-0.15, -0.1) is 0 Å². The number of nitrogens with zero attached hydrogens (tertiary/aromatic N) is 2. The second-order valence-corrected chi connectivity index (χ2v) is 9.75. The average molecular weight is 551 g/mol. The van der Waals surface area contributed by atoms with Crippen LogP contribution in [-0.4, -0.2) is 37.9 Å². The molecule has 0 atom stereocenters. The molecule has 9 nitrogen and oxygen atoms in total. The van der Waals surface area contributed by atoms with Crippen LogP contribution in [0.4, 0.5) is 0 Å². The predicted molar refractivity (Wildman–Crippen MR) is 129 cm³/mol. The van der Waals surface area contributed by atoms with Gasteiger partial charge in [0, 0.05) is 4.47 Å². The van der Waals surface area contributed by atoms with E-state index in [1.807, 2.05) is 0 Å². The summed E-state index contributed by atoms with van der Waals surface area (Å²) in [6, 6.07) is 8.98. The van der Waals surface area contributed by atoms with Crippen LogP contribution in [0.1, 0.15) is 34.1 Å². The third-order valence-corrected chi connectivity index (χ3v) is 6.92. The van der Waals surface area contributed by atoms with E-state index in [0.717, 1.165) is 10.7 Å². The van der Waals surface area contributed by atoms with E-state index in [-0.39, 0.29) is 11.5 Å². The van der Waals surface area contributed by atoms with E-state index in [1.165, 1.54) is 13.2 Å². The van der Waals surface area contributed by atoms with Crippen molar-refractivity contribution in [1.29, 1.82) is 0 Å². The van der Waals surface area contributed by atoms with Crippen molar-refractivity contribution < 1.29 is 26.9 Å². The highest BCUT2D eigenvalue weighted by Crippen LogP contribution is 2.32. The van der Waals surface area contributed by atoms with E-state index >= 15 is 0 Å². The SMILES string of the molecule is CCOC(=O)c1nn(-c2cccc(Br)c2)c(=O)cc1OS(=O)(=O)c1cc(C)c(OC)c(C)c1C. The molecule has 1 heterocycles. The van der Waals surface area contributed by atoms with Crippen LogP contribution < -0.4 is 14.5 Å². The largest absolute Gasteiger partial charge is 0.496 e. The number of hydrogen-bond acceptors (Lipinski definition) is 8. The molecule has 0 unspecified atom stereocenters. The Balaban J connectivity index is 2.17. The predicted octanol–water partition coefficient (Wildman–Crippen LogP) is 3.87. The lowest BCUT2D eigenvalue weighted by atomic mass is 10.1. The number of carbonyl (C=O) groups is 1. The number of esters is 1. The van der Waals surface area contributed by atoms with E-state index < -0.39 is 33.1 Å². The quantitative estimate of drug-likeness (QED) is 0.321. The Kier molecular flexibility index (Phi) is 7.47. The van der Waals surface area contributed by atoms with Crippen molar-refractivity contribution in [3.05, 3.63) is 73.6 Å². The van der Waals surface area contributed by atoms with Crippen LogP contribution in [0.15, 0.2) is 50.6 Å². The first-order valence-corrected chi connectivity index (χ1v) is 12.4. The highest BCUT2D eigenvalue weighted by molar-refractivity contribution is 9.10. The third kappa shape index (κ3) is 5.00. The van der Waals surface area contributed by atoms with Crippen molar-refractivity contribution in [2.45, 2.75) is 32.6 Å². The maximum Gasteiger partial charge on any atom is 0.362 e. The van der Waals surface area contributed by atoms with Crippen LogP contribution in [0.3, 0.4) is 0 Å². The van der Waals surface area contributed by atoms with Crippen molar-refractivity contribution in [3.8, 4) is 17.2 Å². The Morgan fingerprint density at radius 2 is 1.82 bits per heavy atom. The zero-order chi connectivity index (χ0) is 25.2. The van der Waals surface area contributed by atoms with Gasteiger partial charge >= 0.3 is 16.1 Å². The molecule has 34 heavy (non-hydrogen) atoms. The Bertz CT molecular complexity index is 1430. The molecule has 180 valence electrons. The van der Waals surface area contributed by atoms with Crippen LogP contribution in [-0.2, 0) is 14.9 Å². The van der Waals surface area contributed by atoms with Crippen molar-refractivity contribution in [2.24, 2.45) is 0 Å². The summed E-state index contributed by atoms with van der Waals surface area (Å²) in [5.74, 6) is -0.905. The Morgan fingerprint density at radius 3 is 2.44 bits per heavy atom. The zero-order valence-corrected chi connectivity index (χ0v) is 21.6. The molecule has 3 rings (SSSR count). The molecule has 3 aromatic rings. The number of hydrogen-bond donors (Lipinski definition) is 0. The number of rotatable bonds is 7. The summed E-state index contributed by atoms with van der Waals surface area (Å²) in [6.07, 6.45) is 0. The minimum atomic E-state index is -4.44. The van der Waals surface area contributed by atoms with Gasteiger partial charge in [0.2, 0.25) is 5.69 Å². The molecule has 1 aromatic heterocycles. The maximum atomic E-state index is 13.2. The van der Waals surface area contributed by atoms with Gasteiger partial charge in [0.05, 0.1) is 25.5 Å². The Morgan fingerprint density at radius 1 is 1.12 bits per heavy atom. The summed E-state index contributed by atoms with van der Waals surface area (Å²) < 4.78 is 43.7. The third-order valence-electron chi connectivity index (χ3n) is 5.07. The number of methoxy groups -OCH3 is 1. The maximum absolute atomic E-state index is 13.2. The van der Waals surface area contributed by atoms with Crippen LogP contribution in [0, 0.1) is 20.8 Å². The fourth-order valence-corrected chi connectivity index (χ4v) is 5.09. The molecule has 0 radical (unpaired) electrons. The van der Waals surface area contributed by atoms with Crippen molar-refractivity contribution in [3.63, 3.8) is 0 Å². The number of aromatic nitrogens is 2. The molecule has 0 fully saturated rings.